The molecule has 0 bridgehead atoms. The highest BCUT2D eigenvalue weighted by molar-refractivity contribution is 7.14. The van der Waals surface area contributed by atoms with Crippen molar-refractivity contribution >= 4 is 28.9 Å². The quantitative estimate of drug-likeness (QED) is 0.837. The number of nitrogens with zero attached hydrogens (tertiary/aromatic N) is 1. The van der Waals surface area contributed by atoms with Crippen LogP contribution in [0.4, 0.5) is 5.13 Å². The van der Waals surface area contributed by atoms with Crippen LogP contribution in [0.15, 0.2) is 36.2 Å². The van der Waals surface area contributed by atoms with E-state index in [2.05, 4.69) is 54.3 Å². The number of rotatable bonds is 4. The molecule has 0 saturated heterocycles. The van der Waals surface area contributed by atoms with Gasteiger partial charge in [-0.2, -0.15) is 0 Å². The molecule has 1 aromatic carbocycles. The molecule has 0 saturated carbocycles. The van der Waals surface area contributed by atoms with Crippen molar-refractivity contribution in [3.63, 3.8) is 0 Å². The Kier molecular flexibility index (Phi) is 5.38. The minimum Gasteiger partial charge on any atom is -0.358 e. The lowest BCUT2D eigenvalue weighted by molar-refractivity contribution is 1.28. The molecule has 1 N–H and O–H groups in total. The summed E-state index contributed by atoms with van der Waals surface area (Å²) < 4.78 is 0. The van der Waals surface area contributed by atoms with Crippen LogP contribution < -0.4 is 5.32 Å². The van der Waals surface area contributed by atoms with E-state index < -0.39 is 0 Å². The minimum absolute atomic E-state index is 0. The van der Waals surface area contributed by atoms with Gasteiger partial charge in [0.05, 0.1) is 5.69 Å². The van der Waals surface area contributed by atoms with E-state index in [1.165, 1.54) is 16.7 Å². The molecule has 18 heavy (non-hydrogen) atoms. The fraction of sp³-hybridized carbons (Fsp3) is 0.214. The number of benzene rings is 1. The summed E-state index contributed by atoms with van der Waals surface area (Å²) in [6.45, 7) is 8.66. The van der Waals surface area contributed by atoms with E-state index in [4.69, 9.17) is 0 Å². The van der Waals surface area contributed by atoms with Gasteiger partial charge in [0.2, 0.25) is 0 Å². The number of aryl methyl sites for hydroxylation is 2. The topological polar surface area (TPSA) is 24.9 Å². The number of thiazole rings is 1. The van der Waals surface area contributed by atoms with Crippen LogP contribution in [0, 0.1) is 13.8 Å². The molecule has 96 valence electrons. The Morgan fingerprint density at radius 2 is 2.17 bits per heavy atom. The van der Waals surface area contributed by atoms with E-state index in [0.717, 1.165) is 17.4 Å². The first kappa shape index (κ1) is 14.7. The van der Waals surface area contributed by atoms with Gasteiger partial charge in [-0.3, -0.25) is 0 Å². The standard InChI is InChI=1S/C14H16N2S.ClH/c1-4-7-15-14-16-13(9-17-14)12-6-5-10(2)8-11(12)3;/h4-6,8-9H,1,7H2,2-3H3,(H,15,16);1H. The van der Waals surface area contributed by atoms with E-state index >= 15 is 0 Å². The number of aromatic nitrogens is 1. The summed E-state index contributed by atoms with van der Waals surface area (Å²) in [7, 11) is 0. The van der Waals surface area contributed by atoms with Crippen molar-refractivity contribution in [1.82, 2.24) is 4.98 Å². The van der Waals surface area contributed by atoms with E-state index in [0.29, 0.717) is 0 Å². The fourth-order valence-corrected chi connectivity index (χ4v) is 2.46. The van der Waals surface area contributed by atoms with Gasteiger partial charge in [0.15, 0.2) is 5.13 Å². The summed E-state index contributed by atoms with van der Waals surface area (Å²) in [4.78, 5) is 4.57. The van der Waals surface area contributed by atoms with Gasteiger partial charge >= 0.3 is 0 Å². The summed E-state index contributed by atoms with van der Waals surface area (Å²) in [5.74, 6) is 0. The maximum absolute atomic E-state index is 4.57. The van der Waals surface area contributed by atoms with E-state index in [9.17, 15) is 0 Å². The number of anilines is 1. The van der Waals surface area contributed by atoms with Gasteiger partial charge in [-0.1, -0.05) is 29.8 Å². The lowest BCUT2D eigenvalue weighted by Gasteiger charge is -2.03. The maximum atomic E-state index is 4.57. The van der Waals surface area contributed by atoms with Crippen molar-refractivity contribution in [3.8, 4) is 11.3 Å². The molecule has 0 aliphatic rings. The van der Waals surface area contributed by atoms with Crippen LogP contribution in [0.2, 0.25) is 0 Å². The summed E-state index contributed by atoms with van der Waals surface area (Å²) in [5, 5.41) is 6.24. The SMILES string of the molecule is C=CCNc1nc(-c2ccc(C)cc2C)cs1.Cl. The summed E-state index contributed by atoms with van der Waals surface area (Å²) >= 11 is 1.63. The maximum Gasteiger partial charge on any atom is 0.183 e. The van der Waals surface area contributed by atoms with Crippen molar-refractivity contribution in [2.24, 2.45) is 0 Å². The van der Waals surface area contributed by atoms with Gasteiger partial charge in [0, 0.05) is 17.5 Å². The average Bonchev–Trinajstić information content (AvgIpc) is 2.75. The van der Waals surface area contributed by atoms with Crippen molar-refractivity contribution < 1.29 is 0 Å². The van der Waals surface area contributed by atoms with Crippen LogP contribution in [0.25, 0.3) is 11.3 Å². The molecule has 0 fully saturated rings. The molecule has 0 unspecified atom stereocenters. The lowest BCUT2D eigenvalue weighted by Crippen LogP contribution is -1.96. The molecule has 0 atom stereocenters. The van der Waals surface area contributed by atoms with Crippen LogP contribution in [-0.2, 0) is 0 Å². The van der Waals surface area contributed by atoms with Crippen LogP contribution in [0.3, 0.4) is 0 Å². The molecule has 2 rings (SSSR count). The van der Waals surface area contributed by atoms with Crippen molar-refractivity contribution in [3.05, 3.63) is 47.4 Å². The molecule has 1 aromatic heterocycles. The Hall–Kier alpha value is -1.32. The van der Waals surface area contributed by atoms with E-state index in [1.807, 2.05) is 6.08 Å². The van der Waals surface area contributed by atoms with Crippen LogP contribution in [0.1, 0.15) is 11.1 Å². The summed E-state index contributed by atoms with van der Waals surface area (Å²) in [6, 6.07) is 6.45. The highest BCUT2D eigenvalue weighted by atomic mass is 35.5. The van der Waals surface area contributed by atoms with Gasteiger partial charge in [-0.15, -0.1) is 30.3 Å². The van der Waals surface area contributed by atoms with E-state index in [-0.39, 0.29) is 12.4 Å². The molecule has 0 amide bonds. The first-order chi connectivity index (χ1) is 8.20. The third-order valence-electron chi connectivity index (χ3n) is 2.56. The second kappa shape index (κ2) is 6.57. The molecule has 0 aliphatic heterocycles. The first-order valence-electron chi connectivity index (χ1n) is 5.58. The Balaban J connectivity index is 0.00000162. The number of hydrogen-bond acceptors (Lipinski definition) is 3. The Bertz CT molecular complexity index is 534. The van der Waals surface area contributed by atoms with Crippen molar-refractivity contribution in [2.45, 2.75) is 13.8 Å². The Labute approximate surface area is 118 Å². The molecule has 0 aliphatic carbocycles. The van der Waals surface area contributed by atoms with Crippen molar-refractivity contribution in [1.29, 1.82) is 0 Å². The molecule has 4 heteroatoms. The third-order valence-corrected chi connectivity index (χ3v) is 3.36. The Morgan fingerprint density at radius 3 is 2.83 bits per heavy atom. The molecule has 2 nitrogen and oxygen atoms in total. The summed E-state index contributed by atoms with van der Waals surface area (Å²) in [5.41, 5.74) is 4.80. The van der Waals surface area contributed by atoms with Crippen molar-refractivity contribution in [2.75, 3.05) is 11.9 Å². The largest absolute Gasteiger partial charge is 0.358 e. The second-order valence-corrected chi connectivity index (χ2v) is 4.88. The molecule has 2 aromatic rings. The zero-order chi connectivity index (χ0) is 12.3. The highest BCUT2D eigenvalue weighted by Gasteiger charge is 2.06. The lowest BCUT2D eigenvalue weighted by atomic mass is 10.0. The van der Waals surface area contributed by atoms with Crippen LogP contribution in [0.5, 0.6) is 0 Å². The zero-order valence-corrected chi connectivity index (χ0v) is 12.2. The second-order valence-electron chi connectivity index (χ2n) is 4.03. The molecule has 0 spiro atoms. The number of halogens is 1. The van der Waals surface area contributed by atoms with Crippen LogP contribution in [-0.4, -0.2) is 11.5 Å². The molecular formula is C14H17ClN2S. The highest BCUT2D eigenvalue weighted by Crippen LogP contribution is 2.27. The third kappa shape index (κ3) is 3.34. The molecule has 1 heterocycles. The molecular weight excluding hydrogens is 264 g/mol. The van der Waals surface area contributed by atoms with Gasteiger partial charge in [0.1, 0.15) is 0 Å². The van der Waals surface area contributed by atoms with Gasteiger partial charge in [-0.05, 0) is 19.4 Å². The smallest absolute Gasteiger partial charge is 0.183 e. The monoisotopic (exact) mass is 280 g/mol. The number of hydrogen-bond donors (Lipinski definition) is 1. The van der Waals surface area contributed by atoms with Gasteiger partial charge < -0.3 is 5.32 Å². The van der Waals surface area contributed by atoms with Crippen LogP contribution >= 0.6 is 23.7 Å². The average molecular weight is 281 g/mol. The minimum atomic E-state index is 0. The van der Waals surface area contributed by atoms with Gasteiger partial charge in [0.25, 0.3) is 0 Å². The predicted molar refractivity (Wildman–Crippen MR) is 83.0 cm³/mol. The first-order valence-corrected chi connectivity index (χ1v) is 6.46. The summed E-state index contributed by atoms with van der Waals surface area (Å²) in [6.07, 6.45) is 1.83. The number of nitrogens with one attached hydrogen (secondary N) is 1. The van der Waals surface area contributed by atoms with E-state index in [1.54, 1.807) is 11.3 Å². The normalized spacial score (nSPS) is 9.67. The van der Waals surface area contributed by atoms with Gasteiger partial charge in [-0.25, -0.2) is 4.98 Å². The zero-order valence-electron chi connectivity index (χ0n) is 10.6. The predicted octanol–water partition coefficient (Wildman–Crippen LogP) is 4.45. The Morgan fingerprint density at radius 1 is 1.39 bits per heavy atom. The fourth-order valence-electron chi connectivity index (χ4n) is 1.74. The molecule has 0 radical (unpaired) electrons.